The maximum Gasteiger partial charge on any atom is 0.275 e. The Kier molecular flexibility index (Phi) is 7.90. The Labute approximate surface area is 216 Å². The molecule has 35 heavy (non-hydrogen) atoms. The van der Waals surface area contributed by atoms with Crippen LogP contribution in [0.2, 0.25) is 5.02 Å². The van der Waals surface area contributed by atoms with Crippen molar-refractivity contribution in [3.8, 4) is 17.2 Å². The Morgan fingerprint density at radius 3 is 2.49 bits per heavy atom. The van der Waals surface area contributed by atoms with Crippen molar-refractivity contribution in [2.75, 3.05) is 6.61 Å². The molecule has 0 saturated carbocycles. The topological polar surface area (TPSA) is 80.2 Å². The van der Waals surface area contributed by atoms with E-state index in [-0.39, 0.29) is 11.3 Å². The molecule has 0 aliphatic carbocycles. The number of fused-ring (bicyclic) bond motifs is 1. The van der Waals surface area contributed by atoms with E-state index in [2.05, 4.69) is 26.5 Å². The lowest BCUT2D eigenvalue weighted by atomic mass is 10.1. The second-order valence-corrected chi connectivity index (χ2v) is 8.88. The van der Waals surface area contributed by atoms with Crippen LogP contribution in [0.5, 0.6) is 17.2 Å². The highest BCUT2D eigenvalue weighted by atomic mass is 79.9. The van der Waals surface area contributed by atoms with Gasteiger partial charge in [-0.25, -0.2) is 5.43 Å². The van der Waals surface area contributed by atoms with Gasteiger partial charge in [0.15, 0.2) is 11.5 Å². The molecule has 8 heteroatoms. The number of rotatable bonds is 8. The van der Waals surface area contributed by atoms with Crippen molar-refractivity contribution in [3.63, 3.8) is 0 Å². The second kappa shape index (κ2) is 11.3. The molecule has 0 aliphatic heterocycles. The van der Waals surface area contributed by atoms with Crippen LogP contribution in [0.3, 0.4) is 0 Å². The second-order valence-electron chi connectivity index (χ2n) is 7.59. The van der Waals surface area contributed by atoms with Gasteiger partial charge in [0.1, 0.15) is 12.4 Å². The molecule has 2 N–H and O–H groups in total. The first kappa shape index (κ1) is 24.6. The van der Waals surface area contributed by atoms with E-state index in [1.807, 2.05) is 61.5 Å². The van der Waals surface area contributed by atoms with Crippen LogP contribution in [0.1, 0.15) is 28.4 Å². The van der Waals surface area contributed by atoms with Crippen LogP contribution in [0.25, 0.3) is 10.8 Å². The monoisotopic (exact) mass is 552 g/mol. The van der Waals surface area contributed by atoms with Crippen LogP contribution in [-0.2, 0) is 6.61 Å². The third-order valence-corrected chi connectivity index (χ3v) is 5.96. The first-order chi connectivity index (χ1) is 16.9. The van der Waals surface area contributed by atoms with Gasteiger partial charge in [0, 0.05) is 5.02 Å². The molecule has 6 nitrogen and oxygen atoms in total. The summed E-state index contributed by atoms with van der Waals surface area (Å²) >= 11 is 9.48. The molecule has 0 bridgehead atoms. The zero-order chi connectivity index (χ0) is 24.8. The zero-order valence-electron chi connectivity index (χ0n) is 18.8. The van der Waals surface area contributed by atoms with Crippen molar-refractivity contribution in [1.29, 1.82) is 0 Å². The summed E-state index contributed by atoms with van der Waals surface area (Å²) in [4.78, 5) is 12.6. The number of phenolic OH excluding ortho intramolecular Hbond substituents is 1. The number of hydrogen-bond donors (Lipinski definition) is 2. The van der Waals surface area contributed by atoms with Gasteiger partial charge < -0.3 is 14.6 Å². The molecule has 4 aromatic rings. The minimum absolute atomic E-state index is 0.111. The van der Waals surface area contributed by atoms with Crippen molar-refractivity contribution >= 4 is 50.4 Å². The van der Waals surface area contributed by atoms with E-state index in [9.17, 15) is 9.90 Å². The third-order valence-electron chi connectivity index (χ3n) is 5.12. The van der Waals surface area contributed by atoms with E-state index in [4.69, 9.17) is 21.1 Å². The van der Waals surface area contributed by atoms with Crippen LogP contribution in [0.15, 0.2) is 82.4 Å². The van der Waals surface area contributed by atoms with Crippen molar-refractivity contribution < 1.29 is 19.4 Å². The number of halogens is 2. The van der Waals surface area contributed by atoms with Gasteiger partial charge in [0.2, 0.25) is 0 Å². The number of benzene rings is 4. The largest absolute Gasteiger partial charge is 0.507 e. The number of nitrogens with one attached hydrogen (secondary N) is 1. The van der Waals surface area contributed by atoms with E-state index in [0.717, 1.165) is 16.3 Å². The first-order valence-corrected chi connectivity index (χ1v) is 12.0. The molecule has 178 valence electrons. The summed E-state index contributed by atoms with van der Waals surface area (Å²) in [6.07, 6.45) is 1.49. The van der Waals surface area contributed by atoms with Crippen LogP contribution in [0.4, 0.5) is 0 Å². The molecule has 0 aromatic heterocycles. The van der Waals surface area contributed by atoms with Crippen LogP contribution < -0.4 is 14.9 Å². The minimum atomic E-state index is -0.517. The molecule has 0 radical (unpaired) electrons. The molecule has 4 aromatic carbocycles. The van der Waals surface area contributed by atoms with E-state index in [1.54, 1.807) is 18.2 Å². The minimum Gasteiger partial charge on any atom is -0.507 e. The molecule has 0 saturated heterocycles. The summed E-state index contributed by atoms with van der Waals surface area (Å²) in [7, 11) is 0. The standard InChI is InChI=1S/C27H22BrClN2O4/c1-2-34-25-12-18(11-23(28)26(25)35-16-17-7-9-21(29)10-8-17)15-30-31-27(33)22-13-19-5-3-4-6-20(19)14-24(22)32/h3-15,32H,2,16H2,1H3,(H,31,33). The van der Waals surface area contributed by atoms with Gasteiger partial charge in [-0.05, 0) is 81.2 Å². The number of carbonyl (C=O) groups excluding carboxylic acids is 1. The maximum absolute atomic E-state index is 12.6. The number of aromatic hydroxyl groups is 1. The Morgan fingerprint density at radius 1 is 1.06 bits per heavy atom. The molecular formula is C27H22BrClN2O4. The average molecular weight is 554 g/mol. The Hall–Kier alpha value is -3.55. The predicted molar refractivity (Wildman–Crippen MR) is 142 cm³/mol. The number of phenols is 1. The Bertz CT molecular complexity index is 1390. The van der Waals surface area contributed by atoms with Crippen molar-refractivity contribution in [1.82, 2.24) is 5.43 Å². The van der Waals surface area contributed by atoms with Gasteiger partial charge in [0.25, 0.3) is 5.91 Å². The summed E-state index contributed by atoms with van der Waals surface area (Å²) < 4.78 is 12.4. The molecule has 4 rings (SSSR count). The third kappa shape index (κ3) is 6.12. The molecule has 1 amide bonds. The van der Waals surface area contributed by atoms with Gasteiger partial charge in [-0.2, -0.15) is 5.10 Å². The smallest absolute Gasteiger partial charge is 0.275 e. The van der Waals surface area contributed by atoms with Gasteiger partial charge >= 0.3 is 0 Å². The molecule has 0 atom stereocenters. The van der Waals surface area contributed by atoms with Crippen molar-refractivity contribution in [2.45, 2.75) is 13.5 Å². The lowest BCUT2D eigenvalue weighted by molar-refractivity contribution is 0.0952. The highest BCUT2D eigenvalue weighted by molar-refractivity contribution is 9.10. The van der Waals surface area contributed by atoms with Gasteiger partial charge in [-0.15, -0.1) is 0 Å². The van der Waals surface area contributed by atoms with E-state index >= 15 is 0 Å². The van der Waals surface area contributed by atoms with Crippen molar-refractivity contribution in [3.05, 3.63) is 99.0 Å². The fraction of sp³-hybridized carbons (Fsp3) is 0.111. The molecule has 0 fully saturated rings. The number of hydrazone groups is 1. The van der Waals surface area contributed by atoms with Gasteiger partial charge in [0.05, 0.1) is 22.9 Å². The fourth-order valence-electron chi connectivity index (χ4n) is 3.44. The number of carbonyl (C=O) groups is 1. The quantitative estimate of drug-likeness (QED) is 0.188. The lowest BCUT2D eigenvalue weighted by Crippen LogP contribution is -2.17. The normalized spacial score (nSPS) is 11.1. The number of ether oxygens (including phenoxy) is 2. The summed E-state index contributed by atoms with van der Waals surface area (Å²) in [6, 6.07) is 21.7. The molecular weight excluding hydrogens is 532 g/mol. The molecule has 0 unspecified atom stereocenters. The lowest BCUT2D eigenvalue weighted by Gasteiger charge is -2.14. The van der Waals surface area contributed by atoms with Crippen molar-refractivity contribution in [2.24, 2.45) is 5.10 Å². The number of nitrogens with zero attached hydrogens (tertiary/aromatic N) is 1. The maximum atomic E-state index is 12.6. The SMILES string of the molecule is CCOc1cc(C=NNC(=O)c2cc3ccccc3cc2O)cc(Br)c1OCc1ccc(Cl)cc1. The summed E-state index contributed by atoms with van der Waals surface area (Å²) in [6.45, 7) is 2.67. The Morgan fingerprint density at radius 2 is 1.77 bits per heavy atom. The summed E-state index contributed by atoms with van der Waals surface area (Å²) in [5.74, 6) is 0.469. The van der Waals surface area contributed by atoms with E-state index in [0.29, 0.717) is 39.8 Å². The van der Waals surface area contributed by atoms with Gasteiger partial charge in [-0.3, -0.25) is 4.79 Å². The highest BCUT2D eigenvalue weighted by Gasteiger charge is 2.14. The summed E-state index contributed by atoms with van der Waals surface area (Å²) in [5.41, 5.74) is 4.25. The fourth-order valence-corrected chi connectivity index (χ4v) is 4.14. The van der Waals surface area contributed by atoms with E-state index < -0.39 is 5.91 Å². The predicted octanol–water partition coefficient (Wildman–Crippen LogP) is 6.70. The number of hydrogen-bond acceptors (Lipinski definition) is 5. The first-order valence-electron chi connectivity index (χ1n) is 10.8. The Balaban J connectivity index is 1.48. The zero-order valence-corrected chi connectivity index (χ0v) is 21.1. The molecule has 0 spiro atoms. The highest BCUT2D eigenvalue weighted by Crippen LogP contribution is 2.37. The van der Waals surface area contributed by atoms with Crippen LogP contribution in [0, 0.1) is 0 Å². The molecule has 0 aliphatic rings. The van der Waals surface area contributed by atoms with Gasteiger partial charge in [-0.1, -0.05) is 48.0 Å². The van der Waals surface area contributed by atoms with Crippen LogP contribution >= 0.6 is 27.5 Å². The average Bonchev–Trinajstić information content (AvgIpc) is 2.84. The molecule has 0 heterocycles. The summed E-state index contributed by atoms with van der Waals surface area (Å²) in [5, 5.41) is 16.6. The van der Waals surface area contributed by atoms with Crippen LogP contribution in [-0.4, -0.2) is 23.8 Å². The van der Waals surface area contributed by atoms with E-state index in [1.165, 1.54) is 6.21 Å². The number of amides is 1.